The second kappa shape index (κ2) is 13.8. The number of nitrogens with zero attached hydrogens (tertiary/aromatic N) is 1. The van der Waals surface area contributed by atoms with Gasteiger partial charge in [0.1, 0.15) is 0 Å². The molecule has 0 spiro atoms. The van der Waals surface area contributed by atoms with E-state index in [-0.39, 0.29) is 21.1 Å². The van der Waals surface area contributed by atoms with Crippen LogP contribution in [-0.2, 0) is 21.1 Å². The normalized spacial score (nSPS) is 14.0. The summed E-state index contributed by atoms with van der Waals surface area (Å²) in [6.45, 7) is 4.00. The third-order valence-electron chi connectivity index (χ3n) is 2.83. The Bertz CT molecular complexity index is 412. The molecule has 1 aliphatic carbocycles. The van der Waals surface area contributed by atoms with Gasteiger partial charge >= 0.3 is 0 Å². The van der Waals surface area contributed by atoms with Crippen LogP contribution in [0.4, 0.5) is 5.69 Å². The average Bonchev–Trinajstić information content (AvgIpc) is 2.47. The monoisotopic (exact) mass is 460 g/mol. The first-order valence-corrected chi connectivity index (χ1v) is 6.97. The van der Waals surface area contributed by atoms with Crippen molar-refractivity contribution in [2.75, 3.05) is 12.8 Å². The van der Waals surface area contributed by atoms with Crippen molar-refractivity contribution < 1.29 is 26.2 Å². The van der Waals surface area contributed by atoms with Crippen LogP contribution in [0.2, 0.25) is 0 Å². The van der Waals surface area contributed by atoms with E-state index < -0.39 is 0 Å². The van der Waals surface area contributed by atoms with Gasteiger partial charge in [0.05, 0.1) is 0 Å². The predicted molar refractivity (Wildman–Crippen MR) is 87.5 cm³/mol. The number of anilines is 1. The molecule has 0 heterocycles. The zero-order valence-corrected chi connectivity index (χ0v) is 16.0. The number of nitrogen functional groups attached to an aromatic ring is 1. The zero-order valence-electron chi connectivity index (χ0n) is 13.0. The fourth-order valence-corrected chi connectivity index (χ4v) is 1.54. The molecule has 1 aromatic rings. The number of nitrogens with two attached hydrogens (primary N) is 2. The second-order valence-electron chi connectivity index (χ2n) is 4.02. The first-order chi connectivity index (χ1) is 9.79. The molecule has 0 amide bonds. The van der Waals surface area contributed by atoms with Crippen molar-refractivity contribution in [1.82, 2.24) is 0 Å². The van der Waals surface area contributed by atoms with Crippen molar-refractivity contribution in [3.05, 3.63) is 36.0 Å². The van der Waals surface area contributed by atoms with Gasteiger partial charge in [-0.05, 0) is 31.7 Å². The summed E-state index contributed by atoms with van der Waals surface area (Å²) in [5, 5.41) is 7.00. The van der Waals surface area contributed by atoms with E-state index in [1.807, 2.05) is 32.2 Å². The Balaban J connectivity index is 0. The Morgan fingerprint density at radius 1 is 1.33 bits per heavy atom. The summed E-state index contributed by atoms with van der Waals surface area (Å²) in [5.74, 6) is 0. The maximum Gasteiger partial charge on any atom is 0.0490 e. The molecular weight excluding hydrogens is 434 g/mol. The number of benzene rings is 1. The van der Waals surface area contributed by atoms with Crippen LogP contribution in [0.1, 0.15) is 38.7 Å². The van der Waals surface area contributed by atoms with Crippen LogP contribution in [0.15, 0.2) is 29.4 Å². The van der Waals surface area contributed by atoms with Gasteiger partial charge in [-0.2, -0.15) is 0 Å². The molecule has 5 heteroatoms. The molecule has 1 fully saturated rings. The van der Waals surface area contributed by atoms with Crippen LogP contribution < -0.4 is 11.5 Å². The van der Waals surface area contributed by atoms with E-state index >= 15 is 0 Å². The summed E-state index contributed by atoms with van der Waals surface area (Å²) in [7, 11) is 1.00. The summed E-state index contributed by atoms with van der Waals surface area (Å²) in [6.07, 6.45) is 7.08. The molecule has 1 aliphatic rings. The van der Waals surface area contributed by atoms with Crippen molar-refractivity contribution >= 4 is 17.5 Å². The Hall–Kier alpha value is -1.12. The van der Waals surface area contributed by atoms with Crippen LogP contribution in [0.25, 0.3) is 5.57 Å². The van der Waals surface area contributed by atoms with Crippen molar-refractivity contribution in [1.29, 1.82) is 0 Å². The van der Waals surface area contributed by atoms with Crippen LogP contribution >= 0.6 is 0 Å². The summed E-state index contributed by atoms with van der Waals surface area (Å²) in [6, 6.07) is 9.06. The molecule has 5 N–H and O–H groups in total. The topological polar surface area (TPSA) is 84.6 Å². The van der Waals surface area contributed by atoms with E-state index in [4.69, 9.17) is 16.6 Å². The van der Waals surface area contributed by atoms with Crippen molar-refractivity contribution in [2.24, 2.45) is 10.7 Å². The van der Waals surface area contributed by atoms with E-state index in [0.29, 0.717) is 11.7 Å². The van der Waals surface area contributed by atoms with Gasteiger partial charge in [0.2, 0.25) is 0 Å². The number of allylic oxidation sites excluding steroid dienone is 1. The molecule has 0 atom stereocenters. The van der Waals surface area contributed by atoms with Crippen LogP contribution in [0, 0.1) is 6.07 Å². The van der Waals surface area contributed by atoms with E-state index in [9.17, 15) is 0 Å². The summed E-state index contributed by atoms with van der Waals surface area (Å²) in [4.78, 5) is 4.47. The molecule has 1 aromatic carbocycles. The molecule has 0 aromatic heterocycles. The van der Waals surface area contributed by atoms with E-state index in [0.717, 1.165) is 18.2 Å². The average molecular weight is 460 g/mol. The van der Waals surface area contributed by atoms with Gasteiger partial charge in [-0.3, -0.25) is 4.99 Å². The molecule has 0 radical (unpaired) electrons. The van der Waals surface area contributed by atoms with E-state index in [1.165, 1.54) is 19.3 Å². The number of aliphatic hydroxyl groups is 1. The molecule has 0 unspecified atom stereocenters. The first kappa shape index (κ1) is 22.2. The Kier molecular flexibility index (Phi) is 14.6. The Morgan fingerprint density at radius 3 is 2.33 bits per heavy atom. The number of aliphatic imine (C=N–C) groups is 1. The molecule has 0 aliphatic heterocycles. The third-order valence-corrected chi connectivity index (χ3v) is 2.83. The second-order valence-corrected chi connectivity index (χ2v) is 4.02. The molecule has 0 saturated heterocycles. The van der Waals surface area contributed by atoms with Crippen molar-refractivity contribution in [3.8, 4) is 0 Å². The molecule has 4 nitrogen and oxygen atoms in total. The smallest absolute Gasteiger partial charge is 0.0490 e. The summed E-state index contributed by atoms with van der Waals surface area (Å²) in [5.41, 5.74) is 13.7. The fraction of sp³-hybridized carbons (Fsp3) is 0.438. The molecular formula is C16H26N3OW-. The SMILES string of the molecule is CC.CO.N/C=C(\C=NC1CCC1)c1[c-]cc(N)cc1.[W]. The van der Waals surface area contributed by atoms with Crippen LogP contribution in [0.5, 0.6) is 0 Å². The quantitative estimate of drug-likeness (QED) is 0.369. The van der Waals surface area contributed by atoms with Gasteiger partial charge in [0.15, 0.2) is 0 Å². The Morgan fingerprint density at radius 2 is 1.95 bits per heavy atom. The maximum absolute atomic E-state index is 7.00. The van der Waals surface area contributed by atoms with Gasteiger partial charge in [-0.15, -0.1) is 29.8 Å². The minimum Gasteiger partial charge on any atom is -0.436 e. The van der Waals surface area contributed by atoms with Gasteiger partial charge in [-0.25, -0.2) is 0 Å². The molecule has 118 valence electrons. The number of hydrogen-bond donors (Lipinski definition) is 3. The Labute approximate surface area is 142 Å². The molecule has 21 heavy (non-hydrogen) atoms. The number of rotatable bonds is 3. The maximum atomic E-state index is 7.00. The standard InChI is InChI=1S/C13H16N3.C2H6.CH4O.W/c14-8-11(9-16-13-2-1-3-13)10-4-6-12(15)7-5-10;2*1-2;/h4,6-9,13H,1-3,14-15H2;1-2H3;2H,1H3;/q-1;;;/b11-8+,16-9?;;;. The summed E-state index contributed by atoms with van der Waals surface area (Å²) >= 11 is 0. The molecule has 0 bridgehead atoms. The largest absolute Gasteiger partial charge is 0.436 e. The molecule has 2 rings (SSSR count). The minimum absolute atomic E-state index is 0. The van der Waals surface area contributed by atoms with Gasteiger partial charge in [-0.1, -0.05) is 25.1 Å². The third kappa shape index (κ3) is 8.03. The van der Waals surface area contributed by atoms with Crippen molar-refractivity contribution in [3.63, 3.8) is 0 Å². The van der Waals surface area contributed by atoms with Gasteiger partial charge in [0.25, 0.3) is 0 Å². The van der Waals surface area contributed by atoms with E-state index in [2.05, 4.69) is 11.1 Å². The van der Waals surface area contributed by atoms with Crippen LogP contribution in [-0.4, -0.2) is 24.5 Å². The van der Waals surface area contributed by atoms with Gasteiger partial charge < -0.3 is 16.6 Å². The van der Waals surface area contributed by atoms with E-state index in [1.54, 1.807) is 12.3 Å². The number of aliphatic hydroxyl groups excluding tert-OH is 1. The molecule has 1 saturated carbocycles. The van der Waals surface area contributed by atoms with Gasteiger partial charge in [0, 0.05) is 34.2 Å². The minimum atomic E-state index is 0. The summed E-state index contributed by atoms with van der Waals surface area (Å²) < 4.78 is 0. The van der Waals surface area contributed by atoms with Crippen molar-refractivity contribution in [2.45, 2.75) is 39.2 Å². The van der Waals surface area contributed by atoms with Crippen LogP contribution in [0.3, 0.4) is 0 Å². The first-order valence-electron chi connectivity index (χ1n) is 6.97. The fourth-order valence-electron chi connectivity index (χ4n) is 1.54. The number of hydrogen-bond acceptors (Lipinski definition) is 4. The predicted octanol–water partition coefficient (Wildman–Crippen LogP) is 2.62. The zero-order chi connectivity index (χ0) is 15.4.